The third kappa shape index (κ3) is 2.96. The molecule has 1 aliphatic heterocycles. The average Bonchev–Trinajstić information content (AvgIpc) is 2.87. The van der Waals surface area contributed by atoms with Gasteiger partial charge in [0.25, 0.3) is 0 Å². The van der Waals surface area contributed by atoms with Crippen LogP contribution in [0.25, 0.3) is 0 Å². The molecule has 96 valence electrons. The van der Waals surface area contributed by atoms with Gasteiger partial charge >= 0.3 is 5.97 Å². The maximum absolute atomic E-state index is 12.0. The molecule has 0 aromatic heterocycles. The number of rotatable bonds is 4. The number of ketones is 1. The molecule has 0 saturated carbocycles. The molecule has 1 fully saturated rings. The van der Waals surface area contributed by atoms with E-state index in [-0.39, 0.29) is 23.7 Å². The topological polar surface area (TPSA) is 55.4 Å². The summed E-state index contributed by atoms with van der Waals surface area (Å²) in [5.41, 5.74) is 0.723. The molecule has 2 rings (SSSR count). The smallest absolute Gasteiger partial charge is 0.310 e. The first-order valence-electron chi connectivity index (χ1n) is 6.10. The molecule has 0 aliphatic carbocycles. The monoisotopic (exact) mass is 247 g/mol. The molecule has 1 aromatic rings. The molecule has 0 radical (unpaired) electrons. The van der Waals surface area contributed by atoms with Crippen LogP contribution in [-0.2, 0) is 9.53 Å². The van der Waals surface area contributed by atoms with Crippen LogP contribution >= 0.6 is 0 Å². The average molecular weight is 247 g/mol. The van der Waals surface area contributed by atoms with Gasteiger partial charge in [-0.2, -0.15) is 0 Å². The number of esters is 1. The van der Waals surface area contributed by atoms with Crippen molar-refractivity contribution in [3.05, 3.63) is 35.9 Å². The fourth-order valence-corrected chi connectivity index (χ4v) is 2.29. The maximum atomic E-state index is 12.0. The number of nitrogens with one attached hydrogen (secondary N) is 1. The molecule has 0 amide bonds. The number of hydrogen-bond acceptors (Lipinski definition) is 4. The van der Waals surface area contributed by atoms with Crippen LogP contribution in [0.2, 0.25) is 0 Å². The molecule has 18 heavy (non-hydrogen) atoms. The van der Waals surface area contributed by atoms with Crippen molar-refractivity contribution in [1.82, 2.24) is 5.32 Å². The minimum Gasteiger partial charge on any atom is -0.469 e. The Morgan fingerprint density at radius 3 is 2.72 bits per heavy atom. The lowest BCUT2D eigenvalue weighted by atomic mass is 9.99. The highest BCUT2D eigenvalue weighted by molar-refractivity contribution is 5.96. The van der Waals surface area contributed by atoms with Gasteiger partial charge in [0.2, 0.25) is 0 Å². The van der Waals surface area contributed by atoms with Crippen LogP contribution in [0, 0.1) is 5.92 Å². The number of Topliss-reactive ketones (excluding diaryl/α,β-unsaturated/α-hetero) is 1. The van der Waals surface area contributed by atoms with E-state index < -0.39 is 0 Å². The fraction of sp³-hybridized carbons (Fsp3) is 0.429. The van der Waals surface area contributed by atoms with Crippen molar-refractivity contribution in [3.63, 3.8) is 0 Å². The minimum absolute atomic E-state index is 0.0711. The van der Waals surface area contributed by atoms with Gasteiger partial charge in [-0.05, 0) is 6.42 Å². The molecular formula is C14H17NO3. The number of carbonyl (C=O) groups excluding carboxylic acids is 2. The molecule has 1 saturated heterocycles. The summed E-state index contributed by atoms with van der Waals surface area (Å²) in [5.74, 6) is -0.209. The molecule has 2 atom stereocenters. The van der Waals surface area contributed by atoms with E-state index in [1.807, 2.05) is 30.3 Å². The summed E-state index contributed by atoms with van der Waals surface area (Å²) < 4.78 is 4.71. The molecule has 4 nitrogen and oxygen atoms in total. The van der Waals surface area contributed by atoms with Gasteiger partial charge in [-0.3, -0.25) is 9.59 Å². The van der Waals surface area contributed by atoms with Crippen LogP contribution in [0.4, 0.5) is 0 Å². The van der Waals surface area contributed by atoms with Gasteiger partial charge in [0.05, 0.1) is 13.0 Å². The quantitative estimate of drug-likeness (QED) is 0.645. The fourth-order valence-electron chi connectivity index (χ4n) is 2.29. The van der Waals surface area contributed by atoms with Gasteiger partial charge in [0, 0.05) is 24.6 Å². The standard InChI is InChI=1S/C14H17NO3/c1-18-14(17)11-7-12(15-9-11)8-13(16)10-5-3-2-4-6-10/h2-6,11-12,15H,7-9H2,1H3. The van der Waals surface area contributed by atoms with Crippen molar-refractivity contribution in [2.75, 3.05) is 13.7 Å². The van der Waals surface area contributed by atoms with Crippen molar-refractivity contribution in [2.24, 2.45) is 5.92 Å². The molecule has 1 N–H and O–H groups in total. The van der Waals surface area contributed by atoms with Crippen molar-refractivity contribution in [3.8, 4) is 0 Å². The maximum Gasteiger partial charge on any atom is 0.310 e. The van der Waals surface area contributed by atoms with Gasteiger partial charge in [-0.1, -0.05) is 30.3 Å². The van der Waals surface area contributed by atoms with E-state index in [2.05, 4.69) is 5.32 Å². The highest BCUT2D eigenvalue weighted by Crippen LogP contribution is 2.19. The van der Waals surface area contributed by atoms with Gasteiger partial charge in [-0.25, -0.2) is 0 Å². The Hall–Kier alpha value is -1.68. The number of hydrogen-bond donors (Lipinski definition) is 1. The van der Waals surface area contributed by atoms with E-state index in [1.165, 1.54) is 7.11 Å². The van der Waals surface area contributed by atoms with E-state index in [0.29, 0.717) is 19.4 Å². The third-order valence-corrected chi connectivity index (χ3v) is 3.28. The van der Waals surface area contributed by atoms with E-state index in [1.54, 1.807) is 0 Å². The Balaban J connectivity index is 1.89. The summed E-state index contributed by atoms with van der Waals surface area (Å²) in [6, 6.07) is 9.29. The van der Waals surface area contributed by atoms with Crippen molar-refractivity contribution in [2.45, 2.75) is 18.9 Å². The zero-order valence-electron chi connectivity index (χ0n) is 10.4. The summed E-state index contributed by atoms with van der Waals surface area (Å²) in [6.45, 7) is 0.597. The Morgan fingerprint density at radius 1 is 1.33 bits per heavy atom. The van der Waals surface area contributed by atoms with E-state index in [9.17, 15) is 9.59 Å². The number of ether oxygens (including phenoxy) is 1. The van der Waals surface area contributed by atoms with Gasteiger partial charge in [0.15, 0.2) is 5.78 Å². The summed E-state index contributed by atoms with van der Waals surface area (Å²) >= 11 is 0. The lowest BCUT2D eigenvalue weighted by molar-refractivity contribution is -0.144. The lowest BCUT2D eigenvalue weighted by Crippen LogP contribution is -2.24. The highest BCUT2D eigenvalue weighted by atomic mass is 16.5. The summed E-state index contributed by atoms with van der Waals surface area (Å²) in [4.78, 5) is 23.4. The Bertz CT molecular complexity index is 430. The molecule has 0 spiro atoms. The normalized spacial score (nSPS) is 22.7. The van der Waals surface area contributed by atoms with Crippen molar-refractivity contribution in [1.29, 1.82) is 0 Å². The molecular weight excluding hydrogens is 230 g/mol. The zero-order chi connectivity index (χ0) is 13.0. The molecule has 1 heterocycles. The number of benzene rings is 1. The molecule has 1 aromatic carbocycles. The van der Waals surface area contributed by atoms with Crippen LogP contribution in [0.15, 0.2) is 30.3 Å². The second kappa shape index (κ2) is 5.78. The molecule has 0 bridgehead atoms. The predicted octanol–water partition coefficient (Wildman–Crippen LogP) is 1.41. The van der Waals surface area contributed by atoms with E-state index in [4.69, 9.17) is 4.74 Å². The first-order chi connectivity index (χ1) is 8.70. The van der Waals surface area contributed by atoms with Crippen LogP contribution < -0.4 is 5.32 Å². The van der Waals surface area contributed by atoms with Crippen LogP contribution in [0.1, 0.15) is 23.2 Å². The minimum atomic E-state index is -0.197. The first kappa shape index (κ1) is 12.8. The first-order valence-corrected chi connectivity index (χ1v) is 6.10. The van der Waals surface area contributed by atoms with Gasteiger partial charge < -0.3 is 10.1 Å². The highest BCUT2D eigenvalue weighted by Gasteiger charge is 2.31. The Morgan fingerprint density at radius 2 is 2.06 bits per heavy atom. The molecule has 4 heteroatoms. The van der Waals surface area contributed by atoms with Crippen LogP contribution in [0.5, 0.6) is 0 Å². The molecule has 2 unspecified atom stereocenters. The second-order valence-corrected chi connectivity index (χ2v) is 4.55. The number of carbonyl (C=O) groups is 2. The van der Waals surface area contributed by atoms with Gasteiger partial charge in [-0.15, -0.1) is 0 Å². The Labute approximate surface area is 106 Å². The van der Waals surface area contributed by atoms with Crippen molar-refractivity contribution >= 4 is 11.8 Å². The predicted molar refractivity (Wildman–Crippen MR) is 67.3 cm³/mol. The van der Waals surface area contributed by atoms with Gasteiger partial charge in [0.1, 0.15) is 0 Å². The van der Waals surface area contributed by atoms with Crippen LogP contribution in [0.3, 0.4) is 0 Å². The van der Waals surface area contributed by atoms with Crippen molar-refractivity contribution < 1.29 is 14.3 Å². The second-order valence-electron chi connectivity index (χ2n) is 4.55. The third-order valence-electron chi connectivity index (χ3n) is 3.28. The largest absolute Gasteiger partial charge is 0.469 e. The summed E-state index contributed by atoms with van der Waals surface area (Å²) in [6.07, 6.45) is 1.10. The summed E-state index contributed by atoms with van der Waals surface area (Å²) in [7, 11) is 1.39. The lowest BCUT2D eigenvalue weighted by Gasteiger charge is -2.09. The Kier molecular flexibility index (Phi) is 4.10. The number of methoxy groups -OCH3 is 1. The zero-order valence-corrected chi connectivity index (χ0v) is 10.4. The van der Waals surface area contributed by atoms with Crippen LogP contribution in [-0.4, -0.2) is 31.4 Å². The SMILES string of the molecule is COC(=O)C1CNC(CC(=O)c2ccccc2)C1. The van der Waals surface area contributed by atoms with E-state index >= 15 is 0 Å². The summed E-state index contributed by atoms with van der Waals surface area (Å²) in [5, 5.41) is 3.20. The molecule has 1 aliphatic rings. The van der Waals surface area contributed by atoms with E-state index in [0.717, 1.165) is 5.56 Å².